The van der Waals surface area contributed by atoms with Crippen molar-refractivity contribution in [3.8, 4) is 11.3 Å². The summed E-state index contributed by atoms with van der Waals surface area (Å²) in [5.74, 6) is 0. The van der Waals surface area contributed by atoms with Crippen LogP contribution in [0, 0.1) is 19.9 Å². The third-order valence-electron chi connectivity index (χ3n) is 4.08. The third-order valence-corrected chi connectivity index (χ3v) is 4.08. The van der Waals surface area contributed by atoms with Crippen LogP contribution >= 0.6 is 0 Å². The summed E-state index contributed by atoms with van der Waals surface area (Å²) in [6.07, 6.45) is 4.42. The molecule has 0 N–H and O–H groups in total. The molecule has 0 saturated carbocycles. The molecule has 1 radical (unpaired) electrons. The van der Waals surface area contributed by atoms with E-state index in [9.17, 15) is 0 Å². The van der Waals surface area contributed by atoms with Crippen LogP contribution < -0.4 is 0 Å². The number of pyridine rings is 1. The minimum atomic E-state index is 0. The molecule has 1 aliphatic rings. The van der Waals surface area contributed by atoms with Crippen molar-refractivity contribution in [3.63, 3.8) is 0 Å². The van der Waals surface area contributed by atoms with Gasteiger partial charge in [-0.25, -0.2) is 0 Å². The summed E-state index contributed by atoms with van der Waals surface area (Å²) in [6, 6.07) is 15.6. The minimum Gasteiger partial charge on any atom is -0.296 e. The summed E-state index contributed by atoms with van der Waals surface area (Å²) in [6.45, 7) is 4.31. The van der Waals surface area contributed by atoms with Crippen molar-refractivity contribution in [1.29, 1.82) is 0 Å². The van der Waals surface area contributed by atoms with Gasteiger partial charge in [-0.3, -0.25) is 4.98 Å². The Morgan fingerprint density at radius 2 is 1.76 bits per heavy atom. The molecule has 1 aromatic heterocycles. The van der Waals surface area contributed by atoms with Gasteiger partial charge >= 0.3 is 0 Å². The molecule has 2 heteroatoms. The molecule has 1 aliphatic carbocycles. The van der Waals surface area contributed by atoms with Gasteiger partial charge in [0.15, 0.2) is 0 Å². The summed E-state index contributed by atoms with van der Waals surface area (Å²) in [5.41, 5.74) is 8.34. The van der Waals surface area contributed by atoms with Crippen LogP contribution in [0.2, 0.25) is 0 Å². The molecule has 2 aromatic carbocycles. The van der Waals surface area contributed by atoms with E-state index in [1.54, 1.807) is 0 Å². The van der Waals surface area contributed by atoms with E-state index < -0.39 is 0 Å². The van der Waals surface area contributed by atoms with E-state index in [2.05, 4.69) is 50.3 Å². The van der Waals surface area contributed by atoms with Crippen LogP contribution in [0.4, 0.5) is 0 Å². The van der Waals surface area contributed by atoms with Crippen LogP contribution in [-0.4, -0.2) is 4.98 Å². The molecular formula is C19H14IrN-. The predicted octanol–water partition coefficient (Wildman–Crippen LogP) is 4.80. The zero-order valence-electron chi connectivity index (χ0n) is 11.9. The average Bonchev–Trinajstić information content (AvgIpc) is 2.93. The Kier molecular flexibility index (Phi) is 3.52. The van der Waals surface area contributed by atoms with E-state index in [0.29, 0.717) is 0 Å². The van der Waals surface area contributed by atoms with Crippen molar-refractivity contribution in [1.82, 2.24) is 4.98 Å². The van der Waals surface area contributed by atoms with Gasteiger partial charge in [0, 0.05) is 25.5 Å². The van der Waals surface area contributed by atoms with E-state index in [0.717, 1.165) is 16.8 Å². The molecule has 105 valence electrons. The molecule has 0 atom stereocenters. The maximum Gasteiger partial charge on any atom is 0.0607 e. The normalized spacial score (nSPS) is 11.7. The number of aryl methyl sites for hydroxylation is 1. The molecule has 21 heavy (non-hydrogen) atoms. The minimum absolute atomic E-state index is 0. The second kappa shape index (κ2) is 5.22. The maximum absolute atomic E-state index is 4.88. The summed E-state index contributed by atoms with van der Waals surface area (Å²) >= 11 is 0. The number of benzene rings is 2. The molecule has 0 fully saturated rings. The fourth-order valence-electron chi connectivity index (χ4n) is 3.00. The summed E-state index contributed by atoms with van der Waals surface area (Å²) in [4.78, 5) is 4.88. The van der Waals surface area contributed by atoms with Gasteiger partial charge in [-0.2, -0.15) is 0 Å². The van der Waals surface area contributed by atoms with E-state index in [4.69, 9.17) is 4.98 Å². The molecule has 0 aliphatic heterocycles. The predicted molar refractivity (Wildman–Crippen MR) is 84.4 cm³/mol. The molecule has 0 unspecified atom stereocenters. The van der Waals surface area contributed by atoms with Gasteiger partial charge < -0.3 is 0 Å². The first-order valence-electron chi connectivity index (χ1n) is 6.85. The number of nitrogens with zero attached hydrogens (tertiary/aromatic N) is 1. The third kappa shape index (κ3) is 2.07. The largest absolute Gasteiger partial charge is 0.296 e. The molecule has 0 bridgehead atoms. The molecule has 0 spiro atoms. The van der Waals surface area contributed by atoms with Gasteiger partial charge in [-0.05, 0) is 42.3 Å². The van der Waals surface area contributed by atoms with E-state index in [-0.39, 0.29) is 20.1 Å². The molecule has 0 saturated heterocycles. The number of hydrogen-bond acceptors (Lipinski definition) is 1. The molecule has 4 rings (SSSR count). The topological polar surface area (TPSA) is 12.9 Å². The van der Waals surface area contributed by atoms with Crippen molar-refractivity contribution in [2.75, 3.05) is 0 Å². The number of hydrogen-bond donors (Lipinski definition) is 0. The maximum atomic E-state index is 4.88. The standard InChI is InChI=1S/C19H14N.Ir/c1-12-8-11-17-18-15(12)9-10-16(18)13(2)19(20-17)14-6-4-3-5-7-14;/h3-6,8-11H,1-2H3;/q-1;. The first-order valence-corrected chi connectivity index (χ1v) is 6.85. The van der Waals surface area contributed by atoms with Gasteiger partial charge in [0.05, 0.1) is 5.52 Å². The van der Waals surface area contributed by atoms with Crippen LogP contribution in [0.15, 0.2) is 36.4 Å². The Balaban J connectivity index is 0.00000132. The molecular weight excluding hydrogens is 434 g/mol. The number of rotatable bonds is 1. The van der Waals surface area contributed by atoms with Crippen LogP contribution in [0.25, 0.3) is 34.3 Å². The Morgan fingerprint density at radius 3 is 2.52 bits per heavy atom. The Morgan fingerprint density at radius 1 is 0.952 bits per heavy atom. The summed E-state index contributed by atoms with van der Waals surface area (Å²) in [7, 11) is 0. The number of aromatic nitrogens is 1. The van der Waals surface area contributed by atoms with Crippen molar-refractivity contribution in [2.45, 2.75) is 13.8 Å². The molecule has 1 heterocycles. The Bertz CT molecular complexity index is 864. The van der Waals surface area contributed by atoms with Crippen LogP contribution in [-0.2, 0) is 20.1 Å². The van der Waals surface area contributed by atoms with Gasteiger partial charge in [-0.15, -0.1) is 35.9 Å². The molecule has 0 amide bonds. The molecule has 1 nitrogen and oxygen atoms in total. The van der Waals surface area contributed by atoms with Crippen LogP contribution in [0.3, 0.4) is 0 Å². The first kappa shape index (κ1) is 14.2. The van der Waals surface area contributed by atoms with E-state index in [1.165, 1.54) is 27.6 Å². The fraction of sp³-hybridized carbons (Fsp3) is 0.105. The van der Waals surface area contributed by atoms with Crippen molar-refractivity contribution in [3.05, 3.63) is 64.7 Å². The van der Waals surface area contributed by atoms with E-state index in [1.807, 2.05) is 18.2 Å². The van der Waals surface area contributed by atoms with Crippen LogP contribution in [0.5, 0.6) is 0 Å². The monoisotopic (exact) mass is 449 g/mol. The quantitative estimate of drug-likeness (QED) is 0.381. The van der Waals surface area contributed by atoms with Gasteiger partial charge in [0.25, 0.3) is 0 Å². The van der Waals surface area contributed by atoms with Crippen molar-refractivity contribution in [2.24, 2.45) is 0 Å². The van der Waals surface area contributed by atoms with Gasteiger partial charge in [-0.1, -0.05) is 23.8 Å². The second-order valence-electron chi connectivity index (χ2n) is 5.30. The van der Waals surface area contributed by atoms with Crippen LogP contribution in [0.1, 0.15) is 22.3 Å². The summed E-state index contributed by atoms with van der Waals surface area (Å²) < 4.78 is 0. The second-order valence-corrected chi connectivity index (χ2v) is 5.30. The Hall–Kier alpha value is -1.76. The van der Waals surface area contributed by atoms with Crippen molar-refractivity contribution >= 4 is 23.1 Å². The van der Waals surface area contributed by atoms with Gasteiger partial charge in [0.1, 0.15) is 0 Å². The van der Waals surface area contributed by atoms with Gasteiger partial charge in [0.2, 0.25) is 0 Å². The average molecular weight is 449 g/mol. The van der Waals surface area contributed by atoms with E-state index >= 15 is 0 Å². The smallest absolute Gasteiger partial charge is 0.0607 e. The zero-order valence-corrected chi connectivity index (χ0v) is 14.3. The van der Waals surface area contributed by atoms with Crippen molar-refractivity contribution < 1.29 is 20.1 Å². The zero-order chi connectivity index (χ0) is 13.7. The summed E-state index contributed by atoms with van der Waals surface area (Å²) in [5, 5.41) is 1.29. The molecule has 3 aromatic rings. The SMILES string of the molecule is Cc1ccc2nc(-c3[c-]cccc3)c(C)c3c2c1C=C3.[Ir]. The Labute approximate surface area is 138 Å². The first-order chi connectivity index (χ1) is 9.75. The fourth-order valence-corrected chi connectivity index (χ4v) is 3.00.